The van der Waals surface area contributed by atoms with Crippen molar-refractivity contribution in [2.45, 2.75) is 45.2 Å². The Morgan fingerprint density at radius 3 is 2.71 bits per heavy atom. The number of para-hydroxylation sites is 2. The van der Waals surface area contributed by atoms with Crippen LogP contribution in [0.1, 0.15) is 44.3 Å². The molecule has 1 aromatic carbocycles. The molecule has 1 aromatic heterocycles. The Hall–Kier alpha value is -1.97. The molecular formula is C17H24N4. The van der Waals surface area contributed by atoms with E-state index in [1.165, 1.54) is 25.7 Å². The van der Waals surface area contributed by atoms with Gasteiger partial charge in [-0.25, -0.2) is 0 Å². The fraction of sp³-hybridized carbons (Fsp3) is 0.471. The van der Waals surface area contributed by atoms with E-state index in [-0.39, 0.29) is 0 Å². The Balaban J connectivity index is 1.74. The van der Waals surface area contributed by atoms with Crippen molar-refractivity contribution in [1.29, 1.82) is 0 Å². The van der Waals surface area contributed by atoms with Crippen molar-refractivity contribution in [3.05, 3.63) is 42.2 Å². The van der Waals surface area contributed by atoms with E-state index in [2.05, 4.69) is 34.8 Å². The lowest BCUT2D eigenvalue weighted by Gasteiger charge is -2.23. The zero-order valence-electron chi connectivity index (χ0n) is 12.7. The van der Waals surface area contributed by atoms with Crippen LogP contribution in [0.15, 0.2) is 36.5 Å². The van der Waals surface area contributed by atoms with E-state index in [4.69, 9.17) is 10.8 Å². The minimum atomic E-state index is 0.607. The van der Waals surface area contributed by atoms with E-state index in [0.717, 1.165) is 30.2 Å². The van der Waals surface area contributed by atoms with Crippen LogP contribution in [0.25, 0.3) is 0 Å². The quantitative estimate of drug-likeness (QED) is 0.853. The van der Waals surface area contributed by atoms with Crippen LogP contribution in [0.4, 0.5) is 11.4 Å². The van der Waals surface area contributed by atoms with Crippen molar-refractivity contribution < 1.29 is 0 Å². The third kappa shape index (κ3) is 3.04. The maximum absolute atomic E-state index is 6.09. The smallest absolute Gasteiger partial charge is 0.0817 e. The van der Waals surface area contributed by atoms with Gasteiger partial charge in [-0.1, -0.05) is 25.0 Å². The fourth-order valence-corrected chi connectivity index (χ4v) is 3.17. The lowest BCUT2D eigenvalue weighted by molar-refractivity contribution is 0.462. The molecule has 1 aliphatic carbocycles. The number of anilines is 2. The normalized spacial score (nSPS) is 15.5. The summed E-state index contributed by atoms with van der Waals surface area (Å²) in [5, 5.41) is 4.77. The summed E-state index contributed by atoms with van der Waals surface area (Å²) in [6.07, 6.45) is 7.34. The van der Waals surface area contributed by atoms with Gasteiger partial charge in [0.15, 0.2) is 0 Å². The van der Waals surface area contributed by atoms with Crippen LogP contribution in [-0.2, 0) is 6.54 Å². The number of rotatable bonds is 5. The second-order valence-electron chi connectivity index (χ2n) is 5.80. The summed E-state index contributed by atoms with van der Waals surface area (Å²) in [5.74, 6) is 0. The summed E-state index contributed by atoms with van der Waals surface area (Å²) >= 11 is 0. The molecule has 2 N–H and O–H groups in total. The standard InChI is InChI=1S/C17H24N4/c1-2-20(17-10-6-5-9-16(17)18)13-14-11-12-21(19-14)15-7-3-4-8-15/h5-6,9-12,15H,2-4,7-8,13,18H2,1H3. The van der Waals surface area contributed by atoms with Crippen molar-refractivity contribution >= 4 is 11.4 Å². The zero-order chi connectivity index (χ0) is 14.7. The summed E-state index contributed by atoms with van der Waals surface area (Å²) in [4.78, 5) is 2.27. The largest absolute Gasteiger partial charge is 0.397 e. The van der Waals surface area contributed by atoms with Crippen LogP contribution in [0.5, 0.6) is 0 Å². The van der Waals surface area contributed by atoms with Gasteiger partial charge in [0.2, 0.25) is 0 Å². The first-order valence-corrected chi connectivity index (χ1v) is 7.91. The third-order valence-corrected chi connectivity index (χ3v) is 4.37. The molecule has 1 fully saturated rings. The van der Waals surface area contributed by atoms with Crippen LogP contribution in [0.2, 0.25) is 0 Å². The molecule has 4 heteroatoms. The lowest BCUT2D eigenvalue weighted by atomic mass is 10.2. The molecule has 0 saturated heterocycles. The molecule has 3 rings (SSSR count). The number of aromatic nitrogens is 2. The Kier molecular flexibility index (Phi) is 4.13. The Labute approximate surface area is 126 Å². The van der Waals surface area contributed by atoms with Crippen LogP contribution in [-0.4, -0.2) is 16.3 Å². The highest BCUT2D eigenvalue weighted by Crippen LogP contribution is 2.29. The summed E-state index contributed by atoms with van der Waals surface area (Å²) in [6.45, 7) is 3.88. The fourth-order valence-electron chi connectivity index (χ4n) is 3.17. The highest BCUT2D eigenvalue weighted by Gasteiger charge is 2.18. The molecule has 0 amide bonds. The first-order valence-electron chi connectivity index (χ1n) is 7.91. The van der Waals surface area contributed by atoms with E-state index in [1.54, 1.807) is 0 Å². The molecule has 4 nitrogen and oxygen atoms in total. The monoisotopic (exact) mass is 284 g/mol. The van der Waals surface area contributed by atoms with Crippen LogP contribution in [0.3, 0.4) is 0 Å². The van der Waals surface area contributed by atoms with Gasteiger partial charge in [-0.2, -0.15) is 5.10 Å². The van der Waals surface area contributed by atoms with Gasteiger partial charge in [-0.15, -0.1) is 0 Å². The minimum Gasteiger partial charge on any atom is -0.397 e. The zero-order valence-corrected chi connectivity index (χ0v) is 12.7. The molecular weight excluding hydrogens is 260 g/mol. The van der Waals surface area contributed by atoms with Gasteiger partial charge in [-0.3, -0.25) is 4.68 Å². The van der Waals surface area contributed by atoms with E-state index in [9.17, 15) is 0 Å². The predicted octanol–water partition coefficient (Wildman–Crippen LogP) is 3.61. The van der Waals surface area contributed by atoms with Gasteiger partial charge >= 0.3 is 0 Å². The third-order valence-electron chi connectivity index (χ3n) is 4.37. The maximum atomic E-state index is 6.09. The number of nitrogens with two attached hydrogens (primary N) is 1. The number of nitrogen functional groups attached to an aromatic ring is 1. The molecule has 21 heavy (non-hydrogen) atoms. The molecule has 112 valence electrons. The first kappa shape index (κ1) is 14.0. The minimum absolute atomic E-state index is 0.607. The summed E-state index contributed by atoms with van der Waals surface area (Å²) in [5.41, 5.74) is 9.13. The van der Waals surface area contributed by atoms with Gasteiger partial charge in [0.05, 0.1) is 29.7 Å². The topological polar surface area (TPSA) is 47.1 Å². The van der Waals surface area contributed by atoms with Gasteiger partial charge in [0.1, 0.15) is 0 Å². The molecule has 1 saturated carbocycles. The molecule has 1 heterocycles. The lowest BCUT2D eigenvalue weighted by Crippen LogP contribution is -2.23. The predicted molar refractivity (Wildman–Crippen MR) is 87.3 cm³/mol. The van der Waals surface area contributed by atoms with Crippen molar-refractivity contribution in [2.75, 3.05) is 17.2 Å². The summed E-state index contributed by atoms with van der Waals surface area (Å²) < 4.78 is 2.16. The maximum Gasteiger partial charge on any atom is 0.0817 e. The number of benzene rings is 1. The van der Waals surface area contributed by atoms with E-state index >= 15 is 0 Å². The Bertz CT molecular complexity index is 584. The molecule has 2 aromatic rings. The van der Waals surface area contributed by atoms with E-state index in [0.29, 0.717) is 6.04 Å². The van der Waals surface area contributed by atoms with E-state index < -0.39 is 0 Å². The van der Waals surface area contributed by atoms with Gasteiger partial charge in [0, 0.05) is 12.7 Å². The van der Waals surface area contributed by atoms with E-state index in [1.807, 2.05) is 18.2 Å². The highest BCUT2D eigenvalue weighted by molar-refractivity contribution is 5.67. The SMILES string of the molecule is CCN(Cc1ccn(C2CCCC2)n1)c1ccccc1N. The van der Waals surface area contributed by atoms with Gasteiger partial charge in [0.25, 0.3) is 0 Å². The number of hydrogen-bond acceptors (Lipinski definition) is 3. The summed E-state index contributed by atoms with van der Waals surface area (Å²) in [6, 6.07) is 10.8. The second kappa shape index (κ2) is 6.20. The Morgan fingerprint density at radius 2 is 2.00 bits per heavy atom. The molecule has 1 aliphatic rings. The molecule has 0 unspecified atom stereocenters. The van der Waals surface area contributed by atoms with Gasteiger partial charge < -0.3 is 10.6 Å². The summed E-state index contributed by atoms with van der Waals surface area (Å²) in [7, 11) is 0. The Morgan fingerprint density at radius 1 is 1.24 bits per heavy atom. The average molecular weight is 284 g/mol. The molecule has 0 bridgehead atoms. The average Bonchev–Trinajstić information content (AvgIpc) is 3.16. The van der Waals surface area contributed by atoms with Crippen molar-refractivity contribution in [3.8, 4) is 0 Å². The first-order chi connectivity index (χ1) is 10.3. The van der Waals surface area contributed by atoms with Crippen molar-refractivity contribution in [1.82, 2.24) is 9.78 Å². The highest BCUT2D eigenvalue weighted by atomic mass is 15.3. The van der Waals surface area contributed by atoms with Crippen LogP contribution in [0, 0.1) is 0 Å². The molecule has 0 atom stereocenters. The molecule has 0 spiro atoms. The second-order valence-corrected chi connectivity index (χ2v) is 5.80. The number of hydrogen-bond donors (Lipinski definition) is 1. The van der Waals surface area contributed by atoms with Gasteiger partial charge in [-0.05, 0) is 38.0 Å². The van der Waals surface area contributed by atoms with Crippen molar-refractivity contribution in [2.24, 2.45) is 0 Å². The van der Waals surface area contributed by atoms with Crippen LogP contribution >= 0.6 is 0 Å². The number of nitrogens with zero attached hydrogens (tertiary/aromatic N) is 3. The molecule has 0 radical (unpaired) electrons. The van der Waals surface area contributed by atoms with Crippen LogP contribution < -0.4 is 10.6 Å². The molecule has 0 aliphatic heterocycles. The van der Waals surface area contributed by atoms with Crippen molar-refractivity contribution in [3.63, 3.8) is 0 Å².